The summed E-state index contributed by atoms with van der Waals surface area (Å²) in [6, 6.07) is 14.2. The Balaban J connectivity index is 2.08. The number of hydrogen-bond acceptors (Lipinski definition) is 2. The lowest BCUT2D eigenvalue weighted by Crippen LogP contribution is -1.91. The third-order valence-corrected chi connectivity index (χ3v) is 3.46. The molecule has 2 rings (SSSR count). The summed E-state index contributed by atoms with van der Waals surface area (Å²) in [6.45, 7) is 2.21. The van der Waals surface area contributed by atoms with Crippen LogP contribution in [0.25, 0.3) is 0 Å². The molecule has 2 aromatic carbocycles. The predicted octanol–water partition coefficient (Wildman–Crippen LogP) is 3.88. The predicted molar refractivity (Wildman–Crippen MR) is 90.0 cm³/mol. The Morgan fingerprint density at radius 1 is 0.864 bits per heavy atom. The van der Waals surface area contributed by atoms with E-state index in [2.05, 4.69) is 30.9 Å². The second-order valence-electron chi connectivity index (χ2n) is 5.28. The van der Waals surface area contributed by atoms with E-state index in [1.807, 2.05) is 12.1 Å². The molecular formula is C20H20O2. The standard InChI is InChI=1S/C20H20O2/c1-2-3-4-5-16-6-8-17(9-7-16)10-11-18-12-14-19(21)20(22)15-13-18/h6-9,12-15H,2-5H2,1H3,(H,21,22). The first kappa shape index (κ1) is 15.9. The smallest absolute Gasteiger partial charge is 0.220 e. The molecule has 0 aliphatic rings. The van der Waals surface area contributed by atoms with Crippen molar-refractivity contribution in [2.24, 2.45) is 0 Å². The van der Waals surface area contributed by atoms with Crippen LogP contribution in [0, 0.1) is 11.8 Å². The molecule has 0 heterocycles. The Hall–Kier alpha value is -2.53. The van der Waals surface area contributed by atoms with Crippen LogP contribution in [0.5, 0.6) is 5.75 Å². The summed E-state index contributed by atoms with van der Waals surface area (Å²) in [4.78, 5) is 11.3. The van der Waals surface area contributed by atoms with Crippen LogP contribution in [0.3, 0.4) is 0 Å². The van der Waals surface area contributed by atoms with Crippen LogP contribution in [0.15, 0.2) is 53.3 Å². The fraction of sp³-hybridized carbons (Fsp3) is 0.250. The first-order valence-electron chi connectivity index (χ1n) is 7.63. The SMILES string of the molecule is CCCCCc1ccc(C#Cc2ccc(O)c(=O)cc2)cc1. The molecule has 0 atom stereocenters. The van der Waals surface area contributed by atoms with E-state index in [4.69, 9.17) is 0 Å². The molecule has 0 aliphatic heterocycles. The lowest BCUT2D eigenvalue weighted by molar-refractivity contribution is 0.471. The maximum Gasteiger partial charge on any atom is 0.220 e. The van der Waals surface area contributed by atoms with Gasteiger partial charge in [0.1, 0.15) is 0 Å². The summed E-state index contributed by atoms with van der Waals surface area (Å²) >= 11 is 0. The molecule has 0 saturated carbocycles. The van der Waals surface area contributed by atoms with Gasteiger partial charge in [0.25, 0.3) is 0 Å². The zero-order chi connectivity index (χ0) is 15.8. The van der Waals surface area contributed by atoms with Crippen LogP contribution >= 0.6 is 0 Å². The molecule has 0 unspecified atom stereocenters. The van der Waals surface area contributed by atoms with E-state index in [1.54, 1.807) is 12.1 Å². The minimum absolute atomic E-state index is 0.260. The number of rotatable bonds is 4. The van der Waals surface area contributed by atoms with Crippen LogP contribution in [-0.4, -0.2) is 5.11 Å². The summed E-state index contributed by atoms with van der Waals surface area (Å²) in [7, 11) is 0. The van der Waals surface area contributed by atoms with Crippen LogP contribution in [-0.2, 0) is 6.42 Å². The summed E-state index contributed by atoms with van der Waals surface area (Å²) in [5.74, 6) is 5.82. The Bertz CT molecular complexity index is 734. The quantitative estimate of drug-likeness (QED) is 0.686. The molecule has 0 spiro atoms. The first-order chi connectivity index (χ1) is 10.7. The zero-order valence-electron chi connectivity index (χ0n) is 12.8. The monoisotopic (exact) mass is 292 g/mol. The third-order valence-electron chi connectivity index (χ3n) is 3.46. The van der Waals surface area contributed by atoms with Gasteiger partial charge in [0.15, 0.2) is 5.75 Å². The largest absolute Gasteiger partial charge is 0.504 e. The van der Waals surface area contributed by atoms with Crippen LogP contribution in [0.1, 0.15) is 42.9 Å². The fourth-order valence-corrected chi connectivity index (χ4v) is 2.12. The van der Waals surface area contributed by atoms with Crippen molar-refractivity contribution in [3.05, 3.63) is 75.4 Å². The lowest BCUT2D eigenvalue weighted by Gasteiger charge is -2.00. The van der Waals surface area contributed by atoms with E-state index < -0.39 is 5.43 Å². The van der Waals surface area contributed by atoms with Crippen LogP contribution in [0.2, 0.25) is 0 Å². The van der Waals surface area contributed by atoms with Crippen molar-refractivity contribution in [3.8, 4) is 17.6 Å². The Kier molecular flexibility index (Phi) is 5.80. The van der Waals surface area contributed by atoms with Gasteiger partial charge in [0.2, 0.25) is 5.43 Å². The molecule has 112 valence electrons. The highest BCUT2D eigenvalue weighted by Gasteiger charge is 1.94. The molecule has 0 amide bonds. The van der Waals surface area contributed by atoms with Gasteiger partial charge in [-0.2, -0.15) is 0 Å². The van der Waals surface area contributed by atoms with E-state index in [0.29, 0.717) is 5.56 Å². The van der Waals surface area contributed by atoms with E-state index in [0.717, 1.165) is 12.0 Å². The normalized spacial score (nSPS) is 9.86. The van der Waals surface area contributed by atoms with Gasteiger partial charge in [-0.15, -0.1) is 0 Å². The van der Waals surface area contributed by atoms with Crippen molar-refractivity contribution in [3.63, 3.8) is 0 Å². The van der Waals surface area contributed by atoms with Crippen molar-refractivity contribution in [1.82, 2.24) is 0 Å². The van der Waals surface area contributed by atoms with Gasteiger partial charge in [-0.05, 0) is 54.8 Å². The Labute approximate surface area is 131 Å². The summed E-state index contributed by atoms with van der Waals surface area (Å²) in [5, 5.41) is 9.35. The van der Waals surface area contributed by atoms with Crippen molar-refractivity contribution in [2.45, 2.75) is 32.6 Å². The molecule has 0 aliphatic carbocycles. The first-order valence-corrected chi connectivity index (χ1v) is 7.63. The van der Waals surface area contributed by atoms with Gasteiger partial charge in [-0.3, -0.25) is 4.79 Å². The van der Waals surface area contributed by atoms with E-state index in [1.165, 1.54) is 37.0 Å². The van der Waals surface area contributed by atoms with E-state index >= 15 is 0 Å². The summed E-state index contributed by atoms with van der Waals surface area (Å²) in [6.07, 6.45) is 4.84. The highest BCUT2D eigenvalue weighted by molar-refractivity contribution is 5.43. The molecule has 2 heteroatoms. The van der Waals surface area contributed by atoms with E-state index in [-0.39, 0.29) is 5.75 Å². The third kappa shape index (κ3) is 4.79. The molecule has 0 saturated heterocycles. The molecule has 1 N–H and O–H groups in total. The minimum atomic E-state index is -0.399. The lowest BCUT2D eigenvalue weighted by atomic mass is 10.1. The van der Waals surface area contributed by atoms with Crippen molar-refractivity contribution >= 4 is 0 Å². The van der Waals surface area contributed by atoms with Crippen molar-refractivity contribution in [1.29, 1.82) is 0 Å². The molecule has 22 heavy (non-hydrogen) atoms. The van der Waals surface area contributed by atoms with Gasteiger partial charge in [0, 0.05) is 11.1 Å². The molecule has 2 nitrogen and oxygen atoms in total. The molecule has 0 aromatic heterocycles. The topological polar surface area (TPSA) is 37.3 Å². The molecule has 2 aromatic rings. The molecule has 0 bridgehead atoms. The van der Waals surface area contributed by atoms with Crippen molar-refractivity contribution in [2.75, 3.05) is 0 Å². The van der Waals surface area contributed by atoms with Crippen LogP contribution < -0.4 is 5.43 Å². The highest BCUT2D eigenvalue weighted by atomic mass is 16.3. The average Bonchev–Trinajstić information content (AvgIpc) is 2.70. The second kappa shape index (κ2) is 8.05. The minimum Gasteiger partial charge on any atom is -0.504 e. The van der Waals surface area contributed by atoms with Gasteiger partial charge in [-0.25, -0.2) is 0 Å². The van der Waals surface area contributed by atoms with Gasteiger partial charge < -0.3 is 5.11 Å². The number of aryl methyl sites for hydroxylation is 1. The second-order valence-corrected chi connectivity index (χ2v) is 5.28. The zero-order valence-corrected chi connectivity index (χ0v) is 12.8. The Morgan fingerprint density at radius 2 is 1.45 bits per heavy atom. The number of unbranched alkanes of at least 4 members (excludes halogenated alkanes) is 2. The van der Waals surface area contributed by atoms with Gasteiger partial charge >= 0.3 is 0 Å². The van der Waals surface area contributed by atoms with Gasteiger partial charge in [0.05, 0.1) is 0 Å². The molecule has 0 radical (unpaired) electrons. The Morgan fingerprint density at radius 3 is 2.09 bits per heavy atom. The highest BCUT2D eigenvalue weighted by Crippen LogP contribution is 2.08. The average molecular weight is 292 g/mol. The van der Waals surface area contributed by atoms with Crippen molar-refractivity contribution < 1.29 is 5.11 Å². The fourth-order valence-electron chi connectivity index (χ4n) is 2.12. The molecule has 0 fully saturated rings. The molecular weight excluding hydrogens is 272 g/mol. The van der Waals surface area contributed by atoms with Crippen LogP contribution in [0.4, 0.5) is 0 Å². The number of hydrogen-bond donors (Lipinski definition) is 1. The summed E-state index contributed by atoms with van der Waals surface area (Å²) in [5.41, 5.74) is 2.58. The maximum atomic E-state index is 11.3. The number of benzene rings is 1. The summed E-state index contributed by atoms with van der Waals surface area (Å²) < 4.78 is 0. The van der Waals surface area contributed by atoms with Gasteiger partial charge in [-0.1, -0.05) is 43.7 Å². The van der Waals surface area contributed by atoms with E-state index in [9.17, 15) is 9.90 Å². The maximum absolute atomic E-state index is 11.3. The number of aromatic hydroxyl groups is 1.